The highest BCUT2D eigenvalue weighted by Gasteiger charge is 2.43. The van der Waals surface area contributed by atoms with Crippen LogP contribution in [0.25, 0.3) is 0 Å². The summed E-state index contributed by atoms with van der Waals surface area (Å²) in [4.78, 5) is 4.25. The Kier molecular flexibility index (Phi) is 3.90. The molecule has 2 aromatic rings. The monoisotopic (exact) mass is 284 g/mol. The van der Waals surface area contributed by atoms with E-state index in [0.717, 1.165) is 18.2 Å². The summed E-state index contributed by atoms with van der Waals surface area (Å²) in [7, 11) is 1.78. The van der Waals surface area contributed by atoms with E-state index in [9.17, 15) is 0 Å². The molecule has 5 heteroatoms. The molecular formula is C16H20N4O. The summed E-state index contributed by atoms with van der Waals surface area (Å²) in [5, 5.41) is 10.5. The van der Waals surface area contributed by atoms with Gasteiger partial charge in [-0.05, 0) is 18.4 Å². The van der Waals surface area contributed by atoms with Gasteiger partial charge in [-0.15, -0.1) is 0 Å². The van der Waals surface area contributed by atoms with Crippen molar-refractivity contribution in [2.45, 2.75) is 24.8 Å². The average Bonchev–Trinajstić information content (AvgIpc) is 3.15. The Labute approximate surface area is 124 Å². The van der Waals surface area contributed by atoms with Gasteiger partial charge in [0, 0.05) is 25.1 Å². The summed E-state index contributed by atoms with van der Waals surface area (Å²) in [5.74, 6) is 0.792. The van der Waals surface area contributed by atoms with E-state index >= 15 is 0 Å². The number of nitrogens with zero attached hydrogens (tertiary/aromatic N) is 2. The van der Waals surface area contributed by atoms with E-state index in [1.807, 2.05) is 6.07 Å². The Bertz CT molecular complexity index is 588. The molecule has 1 aliphatic carbocycles. The summed E-state index contributed by atoms with van der Waals surface area (Å²) < 4.78 is 4.81. The lowest BCUT2D eigenvalue weighted by atomic mass is 9.96. The molecule has 5 nitrogen and oxygen atoms in total. The maximum absolute atomic E-state index is 4.81. The minimum absolute atomic E-state index is 0.271. The summed E-state index contributed by atoms with van der Waals surface area (Å²) in [6.45, 7) is 1.50. The van der Waals surface area contributed by atoms with E-state index in [1.54, 1.807) is 13.3 Å². The molecule has 1 saturated carbocycles. The molecule has 3 rings (SSSR count). The van der Waals surface area contributed by atoms with Crippen LogP contribution in [0.5, 0.6) is 0 Å². The SMILES string of the molecule is CN=C(NCc1ccon1)NCC1(c2ccccc2)CC1. The highest BCUT2D eigenvalue weighted by molar-refractivity contribution is 5.79. The molecule has 1 fully saturated rings. The molecule has 0 saturated heterocycles. The van der Waals surface area contributed by atoms with Crippen molar-refractivity contribution < 1.29 is 4.52 Å². The second kappa shape index (κ2) is 5.99. The molecule has 1 heterocycles. The molecule has 1 aliphatic rings. The van der Waals surface area contributed by atoms with Crippen molar-refractivity contribution in [1.82, 2.24) is 15.8 Å². The maximum Gasteiger partial charge on any atom is 0.191 e. The number of aromatic nitrogens is 1. The van der Waals surface area contributed by atoms with Gasteiger partial charge in [-0.3, -0.25) is 4.99 Å². The molecule has 0 spiro atoms. The molecule has 0 atom stereocenters. The Morgan fingerprint density at radius 3 is 2.67 bits per heavy atom. The molecule has 2 N–H and O–H groups in total. The van der Waals surface area contributed by atoms with Gasteiger partial charge < -0.3 is 15.2 Å². The number of aliphatic imine (C=N–C) groups is 1. The van der Waals surface area contributed by atoms with Gasteiger partial charge in [0.25, 0.3) is 0 Å². The van der Waals surface area contributed by atoms with E-state index in [0.29, 0.717) is 6.54 Å². The molecule has 0 unspecified atom stereocenters. The normalized spacial score (nSPS) is 16.5. The third-order valence-corrected chi connectivity index (χ3v) is 3.99. The minimum atomic E-state index is 0.271. The van der Waals surface area contributed by atoms with Crippen molar-refractivity contribution in [1.29, 1.82) is 0 Å². The van der Waals surface area contributed by atoms with Crippen molar-refractivity contribution in [3.8, 4) is 0 Å². The van der Waals surface area contributed by atoms with Gasteiger partial charge >= 0.3 is 0 Å². The van der Waals surface area contributed by atoms with Crippen molar-refractivity contribution >= 4 is 5.96 Å². The van der Waals surface area contributed by atoms with Gasteiger partial charge in [-0.1, -0.05) is 35.5 Å². The van der Waals surface area contributed by atoms with Crippen LogP contribution >= 0.6 is 0 Å². The maximum atomic E-state index is 4.81. The summed E-state index contributed by atoms with van der Waals surface area (Å²) in [5.41, 5.74) is 2.54. The second-order valence-electron chi connectivity index (χ2n) is 5.42. The Hall–Kier alpha value is -2.30. The molecule has 0 bridgehead atoms. The van der Waals surface area contributed by atoms with Gasteiger partial charge in [-0.2, -0.15) is 0 Å². The Morgan fingerprint density at radius 2 is 2.05 bits per heavy atom. The van der Waals surface area contributed by atoms with Gasteiger partial charge in [0.15, 0.2) is 5.96 Å². The molecule has 0 radical (unpaired) electrons. The minimum Gasteiger partial charge on any atom is -0.364 e. The van der Waals surface area contributed by atoms with E-state index in [1.165, 1.54) is 18.4 Å². The van der Waals surface area contributed by atoms with Crippen LogP contribution in [0.1, 0.15) is 24.1 Å². The van der Waals surface area contributed by atoms with Crippen LogP contribution in [0.2, 0.25) is 0 Å². The van der Waals surface area contributed by atoms with Gasteiger partial charge in [0.05, 0.1) is 6.54 Å². The fraction of sp³-hybridized carbons (Fsp3) is 0.375. The fourth-order valence-corrected chi connectivity index (χ4v) is 2.49. The number of guanidine groups is 1. The number of hydrogen-bond donors (Lipinski definition) is 2. The van der Waals surface area contributed by atoms with Crippen LogP contribution in [0.4, 0.5) is 0 Å². The van der Waals surface area contributed by atoms with Crippen LogP contribution in [0.15, 0.2) is 52.2 Å². The third-order valence-electron chi connectivity index (χ3n) is 3.99. The van der Waals surface area contributed by atoms with E-state index in [4.69, 9.17) is 4.52 Å². The predicted octanol–water partition coefficient (Wildman–Crippen LogP) is 2.07. The van der Waals surface area contributed by atoms with Crippen molar-refractivity contribution in [3.05, 3.63) is 53.9 Å². The summed E-state index contributed by atoms with van der Waals surface area (Å²) >= 11 is 0. The van der Waals surface area contributed by atoms with Crippen LogP contribution in [-0.4, -0.2) is 24.7 Å². The molecule has 21 heavy (non-hydrogen) atoms. The molecule has 1 aromatic carbocycles. The second-order valence-corrected chi connectivity index (χ2v) is 5.42. The Morgan fingerprint density at radius 1 is 1.24 bits per heavy atom. The van der Waals surface area contributed by atoms with Crippen molar-refractivity contribution in [3.63, 3.8) is 0 Å². The van der Waals surface area contributed by atoms with Gasteiger partial charge in [-0.25, -0.2) is 0 Å². The average molecular weight is 284 g/mol. The zero-order valence-corrected chi connectivity index (χ0v) is 12.2. The first-order chi connectivity index (χ1) is 10.3. The number of nitrogens with one attached hydrogen (secondary N) is 2. The quantitative estimate of drug-likeness (QED) is 0.652. The van der Waals surface area contributed by atoms with Crippen molar-refractivity contribution in [2.75, 3.05) is 13.6 Å². The standard InChI is InChI=1S/C16H20N4O/c1-17-15(18-11-14-7-10-21-20-14)19-12-16(8-9-16)13-5-3-2-4-6-13/h2-7,10H,8-9,11-12H2,1H3,(H2,17,18,19). The van der Waals surface area contributed by atoms with Crippen LogP contribution in [0, 0.1) is 0 Å². The first-order valence-electron chi connectivity index (χ1n) is 7.22. The zero-order chi connectivity index (χ0) is 14.5. The Balaban J connectivity index is 1.54. The summed E-state index contributed by atoms with van der Waals surface area (Å²) in [6, 6.07) is 12.5. The third kappa shape index (κ3) is 3.24. The zero-order valence-electron chi connectivity index (χ0n) is 12.2. The topological polar surface area (TPSA) is 62.5 Å². The highest BCUT2D eigenvalue weighted by atomic mass is 16.5. The summed E-state index contributed by atoms with van der Waals surface area (Å²) in [6.07, 6.45) is 4.02. The molecule has 0 aliphatic heterocycles. The molecular weight excluding hydrogens is 264 g/mol. The van der Waals surface area contributed by atoms with E-state index in [-0.39, 0.29) is 5.41 Å². The predicted molar refractivity (Wildman–Crippen MR) is 82.1 cm³/mol. The fourth-order valence-electron chi connectivity index (χ4n) is 2.49. The van der Waals surface area contributed by atoms with Crippen molar-refractivity contribution in [2.24, 2.45) is 4.99 Å². The molecule has 0 amide bonds. The first-order valence-corrected chi connectivity index (χ1v) is 7.22. The lowest BCUT2D eigenvalue weighted by Gasteiger charge is -2.18. The number of rotatable bonds is 5. The largest absolute Gasteiger partial charge is 0.364 e. The van der Waals surface area contributed by atoms with E-state index in [2.05, 4.69) is 51.1 Å². The first kappa shape index (κ1) is 13.7. The lowest BCUT2D eigenvalue weighted by molar-refractivity contribution is 0.410. The van der Waals surface area contributed by atoms with Gasteiger partial charge in [0.2, 0.25) is 0 Å². The lowest BCUT2D eigenvalue weighted by Crippen LogP contribution is -2.40. The number of benzene rings is 1. The number of hydrogen-bond acceptors (Lipinski definition) is 3. The smallest absolute Gasteiger partial charge is 0.191 e. The van der Waals surface area contributed by atoms with Gasteiger partial charge in [0.1, 0.15) is 12.0 Å². The van der Waals surface area contributed by atoms with E-state index < -0.39 is 0 Å². The molecule has 1 aromatic heterocycles. The molecule has 110 valence electrons. The van der Waals surface area contributed by atoms with Crippen LogP contribution in [-0.2, 0) is 12.0 Å². The van der Waals surface area contributed by atoms with Crippen LogP contribution < -0.4 is 10.6 Å². The highest BCUT2D eigenvalue weighted by Crippen LogP contribution is 2.47. The van der Waals surface area contributed by atoms with Crippen LogP contribution in [0.3, 0.4) is 0 Å².